The van der Waals surface area contributed by atoms with Gasteiger partial charge >= 0.3 is 5.97 Å². The molecular formula is C16H19NO4. The maximum atomic E-state index is 12.3. The first-order valence-electron chi connectivity index (χ1n) is 7.04. The molecule has 1 amide bonds. The molecular weight excluding hydrogens is 270 g/mol. The van der Waals surface area contributed by atoms with E-state index in [4.69, 9.17) is 0 Å². The van der Waals surface area contributed by atoms with Gasteiger partial charge in [0.05, 0.1) is 13.5 Å². The summed E-state index contributed by atoms with van der Waals surface area (Å²) in [6.07, 6.45) is 0.865. The van der Waals surface area contributed by atoms with Crippen LogP contribution in [0.2, 0.25) is 0 Å². The normalized spacial score (nSPS) is 19.0. The molecule has 112 valence electrons. The van der Waals surface area contributed by atoms with Crippen LogP contribution in [-0.2, 0) is 25.5 Å². The Balaban J connectivity index is 1.97. The molecule has 1 saturated heterocycles. The van der Waals surface area contributed by atoms with Crippen molar-refractivity contribution in [1.29, 1.82) is 0 Å². The maximum Gasteiger partial charge on any atom is 0.316 e. The van der Waals surface area contributed by atoms with E-state index in [2.05, 4.69) is 4.74 Å². The quantitative estimate of drug-likeness (QED) is 0.620. The van der Waals surface area contributed by atoms with Crippen molar-refractivity contribution in [1.82, 2.24) is 4.90 Å². The fraction of sp³-hybridized carbons (Fsp3) is 0.438. The first-order chi connectivity index (χ1) is 10.1. The van der Waals surface area contributed by atoms with E-state index in [-0.39, 0.29) is 18.1 Å². The molecule has 0 spiro atoms. The number of esters is 1. The maximum absolute atomic E-state index is 12.3. The smallest absolute Gasteiger partial charge is 0.316 e. The Morgan fingerprint density at radius 3 is 2.62 bits per heavy atom. The van der Waals surface area contributed by atoms with Crippen LogP contribution >= 0.6 is 0 Å². The topological polar surface area (TPSA) is 63.7 Å². The lowest BCUT2D eigenvalue weighted by Gasteiger charge is -2.20. The lowest BCUT2D eigenvalue weighted by Crippen LogP contribution is -2.33. The Kier molecular flexibility index (Phi) is 5.09. The molecule has 1 aliphatic heterocycles. The van der Waals surface area contributed by atoms with Crippen LogP contribution in [0.1, 0.15) is 18.4 Å². The largest absolute Gasteiger partial charge is 0.468 e. The number of benzene rings is 1. The predicted octanol–water partition coefficient (Wildman–Crippen LogP) is 1.21. The minimum Gasteiger partial charge on any atom is -0.468 e. The molecule has 0 aliphatic carbocycles. The second-order valence-electron chi connectivity index (χ2n) is 5.12. The summed E-state index contributed by atoms with van der Waals surface area (Å²) in [4.78, 5) is 37.4. The van der Waals surface area contributed by atoms with Crippen molar-refractivity contribution in [3.8, 4) is 0 Å². The molecule has 21 heavy (non-hydrogen) atoms. The highest BCUT2D eigenvalue weighted by molar-refractivity contribution is 5.99. The van der Waals surface area contributed by atoms with Crippen molar-refractivity contribution < 1.29 is 19.1 Å². The Labute approximate surface area is 123 Å². The van der Waals surface area contributed by atoms with E-state index in [0.29, 0.717) is 25.9 Å². The average Bonchev–Trinajstić information content (AvgIpc) is 2.69. The number of amides is 1. The van der Waals surface area contributed by atoms with Crippen LogP contribution in [0.5, 0.6) is 0 Å². The molecule has 0 radical (unpaired) electrons. The van der Waals surface area contributed by atoms with E-state index >= 15 is 0 Å². The summed E-state index contributed by atoms with van der Waals surface area (Å²) < 4.78 is 4.64. The van der Waals surface area contributed by atoms with Crippen LogP contribution < -0.4 is 0 Å². The zero-order chi connectivity index (χ0) is 15.2. The number of likely N-dealkylation sites (tertiary alicyclic amines) is 1. The third-order valence-corrected chi connectivity index (χ3v) is 3.74. The first-order valence-corrected chi connectivity index (χ1v) is 7.04. The predicted molar refractivity (Wildman–Crippen MR) is 76.5 cm³/mol. The number of methoxy groups -OCH3 is 1. The third kappa shape index (κ3) is 3.90. The zero-order valence-electron chi connectivity index (χ0n) is 12.1. The van der Waals surface area contributed by atoms with Crippen LogP contribution in [0.25, 0.3) is 0 Å². The average molecular weight is 289 g/mol. The SMILES string of the molecule is COC(=O)C1CCN(C(=O)Cc2ccccc2)CCC1=O. The van der Waals surface area contributed by atoms with Gasteiger partial charge in [-0.15, -0.1) is 0 Å². The van der Waals surface area contributed by atoms with Crippen molar-refractivity contribution in [2.75, 3.05) is 20.2 Å². The number of hydrogen-bond donors (Lipinski definition) is 0. The van der Waals surface area contributed by atoms with Crippen LogP contribution in [-0.4, -0.2) is 42.8 Å². The van der Waals surface area contributed by atoms with Crippen molar-refractivity contribution in [2.45, 2.75) is 19.3 Å². The van der Waals surface area contributed by atoms with Gasteiger partial charge in [0.2, 0.25) is 5.91 Å². The van der Waals surface area contributed by atoms with Crippen LogP contribution in [0.4, 0.5) is 0 Å². The van der Waals surface area contributed by atoms with Gasteiger partial charge in [0.1, 0.15) is 11.7 Å². The molecule has 1 atom stereocenters. The second kappa shape index (κ2) is 7.02. The minimum absolute atomic E-state index is 0.0143. The summed E-state index contributed by atoms with van der Waals surface area (Å²) in [6.45, 7) is 0.787. The number of hydrogen-bond acceptors (Lipinski definition) is 4. The molecule has 1 aliphatic rings. The molecule has 1 fully saturated rings. The highest BCUT2D eigenvalue weighted by Crippen LogP contribution is 2.16. The molecule has 1 heterocycles. The van der Waals surface area contributed by atoms with Crippen molar-refractivity contribution in [2.24, 2.45) is 5.92 Å². The monoisotopic (exact) mass is 289 g/mol. The van der Waals surface area contributed by atoms with E-state index < -0.39 is 11.9 Å². The van der Waals surface area contributed by atoms with Gasteiger partial charge in [0, 0.05) is 19.5 Å². The second-order valence-corrected chi connectivity index (χ2v) is 5.12. The van der Waals surface area contributed by atoms with E-state index in [0.717, 1.165) is 5.56 Å². The van der Waals surface area contributed by atoms with E-state index in [9.17, 15) is 14.4 Å². The van der Waals surface area contributed by atoms with Crippen molar-refractivity contribution in [3.63, 3.8) is 0 Å². The Morgan fingerprint density at radius 2 is 1.95 bits per heavy atom. The highest BCUT2D eigenvalue weighted by Gasteiger charge is 2.31. The van der Waals surface area contributed by atoms with Gasteiger partial charge in [-0.3, -0.25) is 14.4 Å². The Morgan fingerprint density at radius 1 is 1.24 bits per heavy atom. The van der Waals surface area contributed by atoms with Crippen LogP contribution in [0.15, 0.2) is 30.3 Å². The number of carbonyl (C=O) groups is 3. The van der Waals surface area contributed by atoms with E-state index in [1.165, 1.54) is 7.11 Å². The fourth-order valence-corrected chi connectivity index (χ4v) is 2.50. The number of nitrogens with zero attached hydrogens (tertiary/aromatic N) is 1. The number of ether oxygens (including phenoxy) is 1. The number of ketones is 1. The van der Waals surface area contributed by atoms with Gasteiger partial charge < -0.3 is 9.64 Å². The summed E-state index contributed by atoms with van der Waals surface area (Å²) in [5.41, 5.74) is 0.947. The van der Waals surface area contributed by atoms with Crippen molar-refractivity contribution >= 4 is 17.7 Å². The molecule has 0 saturated carbocycles. The molecule has 0 N–H and O–H groups in total. The molecule has 0 bridgehead atoms. The van der Waals surface area contributed by atoms with Crippen LogP contribution in [0, 0.1) is 5.92 Å². The molecule has 1 aromatic rings. The minimum atomic E-state index is -0.732. The summed E-state index contributed by atoms with van der Waals surface area (Å²) >= 11 is 0. The van der Waals surface area contributed by atoms with Gasteiger partial charge in [-0.25, -0.2) is 0 Å². The van der Waals surface area contributed by atoms with Gasteiger partial charge in [0.15, 0.2) is 0 Å². The number of Topliss-reactive ketones (excluding diaryl/α,β-unsaturated/α-hetero) is 1. The first kappa shape index (κ1) is 15.2. The Hall–Kier alpha value is -2.17. The summed E-state index contributed by atoms with van der Waals surface area (Å²) in [6, 6.07) is 9.49. The number of carbonyl (C=O) groups excluding carboxylic acids is 3. The van der Waals surface area contributed by atoms with Gasteiger partial charge in [-0.2, -0.15) is 0 Å². The molecule has 1 aromatic carbocycles. The van der Waals surface area contributed by atoms with Gasteiger partial charge in [-0.05, 0) is 12.0 Å². The lowest BCUT2D eigenvalue weighted by molar-refractivity contribution is -0.149. The highest BCUT2D eigenvalue weighted by atomic mass is 16.5. The molecule has 2 rings (SSSR count). The third-order valence-electron chi connectivity index (χ3n) is 3.74. The van der Waals surface area contributed by atoms with E-state index in [1.807, 2.05) is 30.3 Å². The molecule has 1 unspecified atom stereocenters. The molecule has 5 heteroatoms. The number of rotatable bonds is 3. The standard InChI is InChI=1S/C16H19NO4/c1-21-16(20)13-7-9-17(10-8-14(13)18)15(19)11-12-5-3-2-4-6-12/h2-6,13H,7-11H2,1H3. The lowest BCUT2D eigenvalue weighted by atomic mass is 10.00. The van der Waals surface area contributed by atoms with Crippen LogP contribution in [0.3, 0.4) is 0 Å². The molecule has 5 nitrogen and oxygen atoms in total. The van der Waals surface area contributed by atoms with Gasteiger partial charge in [0.25, 0.3) is 0 Å². The summed E-state index contributed by atoms with van der Waals surface area (Å²) in [7, 11) is 1.28. The van der Waals surface area contributed by atoms with Gasteiger partial charge in [-0.1, -0.05) is 30.3 Å². The summed E-state index contributed by atoms with van der Waals surface area (Å²) in [5.74, 6) is -1.39. The van der Waals surface area contributed by atoms with E-state index in [1.54, 1.807) is 4.90 Å². The Bertz CT molecular complexity index is 526. The zero-order valence-corrected chi connectivity index (χ0v) is 12.1. The fourth-order valence-electron chi connectivity index (χ4n) is 2.50. The summed E-state index contributed by atoms with van der Waals surface area (Å²) in [5, 5.41) is 0. The molecule has 0 aromatic heterocycles. The van der Waals surface area contributed by atoms with Crippen molar-refractivity contribution in [3.05, 3.63) is 35.9 Å².